The Hall–Kier alpha value is -1.61. The zero-order chi connectivity index (χ0) is 18.7. The molecule has 1 N–H and O–H groups in total. The van der Waals surface area contributed by atoms with Gasteiger partial charge in [0.05, 0.1) is 11.3 Å². The van der Waals surface area contributed by atoms with E-state index in [4.69, 9.17) is 0 Å². The molecule has 1 saturated heterocycles. The van der Waals surface area contributed by atoms with Crippen molar-refractivity contribution in [2.75, 3.05) is 24.2 Å². The number of carbonyl (C=O) groups excluding carboxylic acids is 1. The van der Waals surface area contributed by atoms with Crippen LogP contribution in [0.15, 0.2) is 18.2 Å². The first-order valence-corrected chi connectivity index (χ1v) is 9.65. The third-order valence-corrected chi connectivity index (χ3v) is 5.91. The second-order valence-electron chi connectivity index (χ2n) is 6.16. The zero-order valence-corrected chi connectivity index (χ0v) is 14.7. The van der Waals surface area contributed by atoms with Gasteiger partial charge in [-0.1, -0.05) is 0 Å². The number of halogens is 3. The Morgan fingerprint density at radius 2 is 1.84 bits per heavy atom. The lowest BCUT2D eigenvalue weighted by Gasteiger charge is -2.15. The van der Waals surface area contributed by atoms with Crippen molar-refractivity contribution in [2.45, 2.75) is 38.8 Å². The lowest BCUT2D eigenvalue weighted by Crippen LogP contribution is -2.30. The largest absolute Gasteiger partial charge is 0.416 e. The Labute approximate surface area is 145 Å². The van der Waals surface area contributed by atoms with Crippen molar-refractivity contribution in [1.29, 1.82) is 0 Å². The van der Waals surface area contributed by atoms with Gasteiger partial charge in [0.15, 0.2) is 0 Å². The minimum absolute atomic E-state index is 0.0553. The van der Waals surface area contributed by atoms with E-state index in [1.54, 1.807) is 0 Å². The van der Waals surface area contributed by atoms with Gasteiger partial charge in [-0.05, 0) is 49.9 Å². The molecule has 1 aromatic carbocycles. The molecule has 1 amide bonds. The van der Waals surface area contributed by atoms with Crippen LogP contribution in [-0.2, 0) is 21.0 Å². The quantitative estimate of drug-likeness (QED) is 0.827. The topological polar surface area (TPSA) is 66.5 Å². The van der Waals surface area contributed by atoms with Crippen LogP contribution in [0.3, 0.4) is 0 Å². The normalized spacial score (nSPS) is 16.2. The summed E-state index contributed by atoms with van der Waals surface area (Å²) in [5.41, 5.74) is -0.402. The molecule has 25 heavy (non-hydrogen) atoms. The molecule has 0 aromatic heterocycles. The maximum atomic E-state index is 12.8. The first kappa shape index (κ1) is 19.7. The van der Waals surface area contributed by atoms with Gasteiger partial charge in [0.1, 0.15) is 0 Å². The lowest BCUT2D eigenvalue weighted by atomic mass is 10.1. The van der Waals surface area contributed by atoms with Crippen LogP contribution in [-0.4, -0.2) is 37.5 Å². The van der Waals surface area contributed by atoms with Crippen molar-refractivity contribution < 1.29 is 26.4 Å². The predicted molar refractivity (Wildman–Crippen MR) is 88.6 cm³/mol. The average molecular weight is 378 g/mol. The molecular weight excluding hydrogens is 357 g/mol. The molecule has 140 valence electrons. The molecule has 1 aliphatic heterocycles. The van der Waals surface area contributed by atoms with E-state index in [9.17, 15) is 26.4 Å². The van der Waals surface area contributed by atoms with E-state index in [0.29, 0.717) is 18.7 Å². The molecule has 1 heterocycles. The van der Waals surface area contributed by atoms with Crippen molar-refractivity contribution in [3.8, 4) is 0 Å². The first-order chi connectivity index (χ1) is 11.6. The molecule has 0 atom stereocenters. The van der Waals surface area contributed by atoms with Crippen LogP contribution in [0.25, 0.3) is 0 Å². The lowest BCUT2D eigenvalue weighted by molar-refractivity contribution is -0.137. The SMILES string of the molecule is Cc1cc(NC(=O)CCCS(=O)(=O)N2CCCC2)cc(C(F)(F)F)c1. The summed E-state index contributed by atoms with van der Waals surface area (Å²) in [5.74, 6) is -0.641. The second kappa shape index (κ2) is 7.74. The minimum atomic E-state index is -4.49. The van der Waals surface area contributed by atoms with E-state index in [-0.39, 0.29) is 24.3 Å². The number of rotatable bonds is 6. The van der Waals surface area contributed by atoms with Crippen molar-refractivity contribution in [3.05, 3.63) is 29.3 Å². The molecule has 2 rings (SSSR count). The smallest absolute Gasteiger partial charge is 0.326 e. The number of nitrogens with zero attached hydrogens (tertiary/aromatic N) is 1. The molecule has 0 aliphatic carbocycles. The van der Waals surface area contributed by atoms with E-state index in [0.717, 1.165) is 25.0 Å². The van der Waals surface area contributed by atoms with Gasteiger partial charge in [-0.15, -0.1) is 0 Å². The van der Waals surface area contributed by atoms with Gasteiger partial charge in [-0.2, -0.15) is 13.2 Å². The van der Waals surface area contributed by atoms with E-state index in [1.165, 1.54) is 17.3 Å². The average Bonchev–Trinajstić information content (AvgIpc) is 3.00. The number of aryl methyl sites for hydroxylation is 1. The molecular formula is C16H21F3N2O3S. The Morgan fingerprint density at radius 1 is 1.20 bits per heavy atom. The first-order valence-electron chi connectivity index (χ1n) is 8.04. The van der Waals surface area contributed by atoms with Crippen molar-refractivity contribution in [1.82, 2.24) is 4.31 Å². The predicted octanol–water partition coefficient (Wildman–Crippen LogP) is 3.16. The molecule has 1 aliphatic rings. The van der Waals surface area contributed by atoms with Crippen LogP contribution in [0, 0.1) is 6.92 Å². The summed E-state index contributed by atoms with van der Waals surface area (Å²) in [6.45, 7) is 2.53. The number of sulfonamides is 1. The van der Waals surface area contributed by atoms with Crippen molar-refractivity contribution >= 4 is 21.6 Å². The monoisotopic (exact) mass is 378 g/mol. The summed E-state index contributed by atoms with van der Waals surface area (Å²) >= 11 is 0. The molecule has 0 saturated carbocycles. The van der Waals surface area contributed by atoms with Gasteiger partial charge >= 0.3 is 6.18 Å². The fraction of sp³-hybridized carbons (Fsp3) is 0.562. The number of hydrogen-bond acceptors (Lipinski definition) is 3. The van der Waals surface area contributed by atoms with Crippen LogP contribution >= 0.6 is 0 Å². The summed E-state index contributed by atoms with van der Waals surface area (Å²) in [6.07, 6.45) is -2.75. The minimum Gasteiger partial charge on any atom is -0.326 e. The Bertz CT molecular complexity index is 727. The molecule has 0 unspecified atom stereocenters. The molecule has 5 nitrogen and oxygen atoms in total. The van der Waals surface area contributed by atoms with Gasteiger partial charge in [-0.25, -0.2) is 12.7 Å². The number of carbonyl (C=O) groups is 1. The third kappa shape index (κ3) is 5.71. The zero-order valence-electron chi connectivity index (χ0n) is 13.9. The van der Waals surface area contributed by atoms with Crippen LogP contribution in [0.2, 0.25) is 0 Å². The molecule has 0 bridgehead atoms. The molecule has 0 radical (unpaired) electrons. The van der Waals surface area contributed by atoms with Gasteiger partial charge in [0.2, 0.25) is 15.9 Å². The van der Waals surface area contributed by atoms with Gasteiger partial charge in [-0.3, -0.25) is 4.79 Å². The summed E-state index contributed by atoms with van der Waals surface area (Å²) in [4.78, 5) is 11.9. The van der Waals surface area contributed by atoms with Gasteiger partial charge < -0.3 is 5.32 Å². The van der Waals surface area contributed by atoms with E-state index in [2.05, 4.69) is 5.32 Å². The summed E-state index contributed by atoms with van der Waals surface area (Å²) in [7, 11) is -3.36. The number of alkyl halides is 3. The van der Waals surface area contributed by atoms with Crippen LogP contribution in [0.1, 0.15) is 36.8 Å². The van der Waals surface area contributed by atoms with Crippen molar-refractivity contribution in [2.24, 2.45) is 0 Å². The van der Waals surface area contributed by atoms with E-state index in [1.807, 2.05) is 0 Å². The van der Waals surface area contributed by atoms with Gasteiger partial charge in [0.25, 0.3) is 0 Å². The summed E-state index contributed by atoms with van der Waals surface area (Å²) < 4.78 is 63.8. The number of hydrogen-bond donors (Lipinski definition) is 1. The number of benzene rings is 1. The Morgan fingerprint density at radius 3 is 2.44 bits per heavy atom. The number of nitrogens with one attached hydrogen (secondary N) is 1. The van der Waals surface area contributed by atoms with Crippen molar-refractivity contribution in [3.63, 3.8) is 0 Å². The number of anilines is 1. The van der Waals surface area contributed by atoms with Gasteiger partial charge in [0, 0.05) is 25.2 Å². The molecule has 0 spiro atoms. The standard InChI is InChI=1S/C16H21F3N2O3S/c1-12-9-13(16(17,18)19)11-14(10-12)20-15(22)5-4-8-25(23,24)21-6-2-3-7-21/h9-11H,2-8H2,1H3,(H,20,22). The summed E-state index contributed by atoms with van der Waals surface area (Å²) in [5, 5.41) is 2.40. The molecule has 9 heteroatoms. The number of amides is 1. The van der Waals surface area contributed by atoms with E-state index >= 15 is 0 Å². The second-order valence-corrected chi connectivity index (χ2v) is 8.25. The van der Waals surface area contributed by atoms with E-state index < -0.39 is 27.7 Å². The Kier molecular flexibility index (Phi) is 6.10. The van der Waals surface area contributed by atoms with Crippen LogP contribution < -0.4 is 5.32 Å². The molecule has 1 fully saturated rings. The highest BCUT2D eigenvalue weighted by Crippen LogP contribution is 2.31. The maximum Gasteiger partial charge on any atom is 0.416 e. The fourth-order valence-electron chi connectivity index (χ4n) is 2.75. The highest BCUT2D eigenvalue weighted by molar-refractivity contribution is 7.89. The maximum absolute atomic E-state index is 12.8. The Balaban J connectivity index is 1.89. The third-order valence-electron chi connectivity index (χ3n) is 3.95. The highest BCUT2D eigenvalue weighted by Gasteiger charge is 2.31. The summed E-state index contributed by atoms with van der Waals surface area (Å²) in [6, 6.07) is 3.30. The van der Waals surface area contributed by atoms with Crippen LogP contribution in [0.5, 0.6) is 0 Å². The fourth-order valence-corrected chi connectivity index (χ4v) is 4.33. The van der Waals surface area contributed by atoms with Crippen LogP contribution in [0.4, 0.5) is 18.9 Å². The molecule has 1 aromatic rings. The highest BCUT2D eigenvalue weighted by atomic mass is 32.2.